The normalized spacial score (nSPS) is 15.7. The highest BCUT2D eigenvalue weighted by molar-refractivity contribution is 6.15. The third-order valence-corrected chi connectivity index (χ3v) is 9.90. The first kappa shape index (κ1) is 41.0. The number of hydrogen-bond donors (Lipinski definition) is 4. The third-order valence-electron chi connectivity index (χ3n) is 9.90. The number of nitrogens with one attached hydrogen (secondary N) is 1. The van der Waals surface area contributed by atoms with Crippen LogP contribution in [0.5, 0.6) is 0 Å². The number of aliphatic imine (C=N–C) groups is 1. The smallest absolute Gasteiger partial charge is 0.205 e. The summed E-state index contributed by atoms with van der Waals surface area (Å²) < 4.78 is 21.9. The third kappa shape index (κ3) is 10.2. The maximum absolute atomic E-state index is 16.1. The number of hydrogen-bond acceptors (Lipinski definition) is 6. The zero-order chi connectivity index (χ0) is 35.6. The molecule has 0 amide bonds. The van der Waals surface area contributed by atoms with Crippen molar-refractivity contribution >= 4 is 11.9 Å². The topological polar surface area (TPSA) is 112 Å². The Morgan fingerprint density at radius 3 is 2.04 bits per heavy atom. The largest absolute Gasteiger partial charge is 0.477 e. The van der Waals surface area contributed by atoms with Gasteiger partial charge in [0.05, 0.1) is 24.5 Å². The number of benzene rings is 1. The molecule has 0 atom stereocenters. The summed E-state index contributed by atoms with van der Waals surface area (Å²) in [5.41, 5.74) is 11.8. The molecule has 0 saturated heterocycles. The van der Waals surface area contributed by atoms with Crippen LogP contribution in [0.15, 0.2) is 51.5 Å². The van der Waals surface area contributed by atoms with Crippen LogP contribution in [0.3, 0.4) is 0 Å². The van der Waals surface area contributed by atoms with E-state index in [1.54, 1.807) is 13.8 Å². The molecular formula is C39H62FN3O3. The fourth-order valence-electron chi connectivity index (χ4n) is 5.85. The van der Waals surface area contributed by atoms with E-state index in [2.05, 4.69) is 32.3 Å². The molecule has 1 aromatic rings. The lowest BCUT2D eigenvalue weighted by molar-refractivity contribution is 0.0136. The minimum absolute atomic E-state index is 0.0543. The molecule has 0 spiro atoms. The summed E-state index contributed by atoms with van der Waals surface area (Å²) in [5, 5.41) is 29.0. The van der Waals surface area contributed by atoms with Crippen LogP contribution in [0.4, 0.5) is 4.39 Å². The van der Waals surface area contributed by atoms with E-state index in [-0.39, 0.29) is 29.2 Å². The standard InChI is InChI=1S/C31H44FN3O2.C8H18O/c1-10-18(4)19(5)27(20(6)22(8)33)30(34)28-24(11-2)26(16-36)25(21(7)29(28)32)15-35-23(9)37-17-31(12-3)13-14-31;1-5-7(6-2)8(3,4)9/h10,15,34,36H,9,11-14,16-17,33H2,1-8H3;7,9H,5-6H2,1-4H3/b18-10-,22-20+,27-19-,34-30?,35-15-;. The van der Waals surface area contributed by atoms with Crippen molar-refractivity contribution in [1.82, 2.24) is 0 Å². The predicted octanol–water partition coefficient (Wildman–Crippen LogP) is 9.38. The molecule has 0 aromatic heterocycles. The summed E-state index contributed by atoms with van der Waals surface area (Å²) in [6.45, 7) is 27.3. The van der Waals surface area contributed by atoms with Crippen molar-refractivity contribution in [2.24, 2.45) is 22.1 Å². The number of halogens is 1. The fourth-order valence-corrected chi connectivity index (χ4v) is 5.85. The highest BCUT2D eigenvalue weighted by Gasteiger charge is 2.41. The van der Waals surface area contributed by atoms with Gasteiger partial charge in [-0.2, -0.15) is 0 Å². The van der Waals surface area contributed by atoms with E-state index >= 15 is 4.39 Å². The monoisotopic (exact) mass is 639 g/mol. The van der Waals surface area contributed by atoms with Gasteiger partial charge in [0, 0.05) is 34.0 Å². The Balaban J connectivity index is 0.00000102. The van der Waals surface area contributed by atoms with Crippen LogP contribution in [0.25, 0.3) is 0 Å². The van der Waals surface area contributed by atoms with Crippen LogP contribution >= 0.6 is 0 Å². The number of nitrogens with zero attached hydrogens (tertiary/aromatic N) is 1. The maximum atomic E-state index is 16.1. The zero-order valence-electron chi connectivity index (χ0n) is 30.8. The summed E-state index contributed by atoms with van der Waals surface area (Å²) in [5.74, 6) is 0.221. The van der Waals surface area contributed by atoms with Crippen LogP contribution in [0.2, 0.25) is 0 Å². The molecule has 0 aliphatic heterocycles. The van der Waals surface area contributed by atoms with Crippen molar-refractivity contribution in [1.29, 1.82) is 5.41 Å². The number of nitrogens with two attached hydrogens (primary N) is 1. The van der Waals surface area contributed by atoms with Crippen molar-refractivity contribution in [2.75, 3.05) is 6.61 Å². The molecule has 0 unspecified atom stereocenters. The van der Waals surface area contributed by atoms with Gasteiger partial charge in [-0.25, -0.2) is 9.38 Å². The van der Waals surface area contributed by atoms with Gasteiger partial charge in [-0.1, -0.05) is 52.2 Å². The van der Waals surface area contributed by atoms with Crippen molar-refractivity contribution in [3.05, 3.63) is 80.2 Å². The Kier molecular flexibility index (Phi) is 15.8. The van der Waals surface area contributed by atoms with Crippen molar-refractivity contribution in [2.45, 2.75) is 134 Å². The van der Waals surface area contributed by atoms with Gasteiger partial charge in [-0.05, 0) is 121 Å². The molecule has 1 fully saturated rings. The maximum Gasteiger partial charge on any atom is 0.205 e. The Labute approximate surface area is 279 Å². The van der Waals surface area contributed by atoms with Crippen molar-refractivity contribution in [3.63, 3.8) is 0 Å². The van der Waals surface area contributed by atoms with Gasteiger partial charge >= 0.3 is 0 Å². The molecule has 0 bridgehead atoms. The van der Waals surface area contributed by atoms with Crippen LogP contribution < -0.4 is 5.73 Å². The predicted molar refractivity (Wildman–Crippen MR) is 193 cm³/mol. The van der Waals surface area contributed by atoms with Crippen LogP contribution in [0.1, 0.15) is 136 Å². The van der Waals surface area contributed by atoms with Crippen molar-refractivity contribution in [3.8, 4) is 0 Å². The molecule has 1 aromatic carbocycles. The number of allylic oxidation sites excluding steroid dienone is 6. The molecule has 1 aliphatic carbocycles. The molecule has 258 valence electrons. The van der Waals surface area contributed by atoms with E-state index in [1.165, 1.54) is 6.21 Å². The average molecular weight is 640 g/mol. The highest BCUT2D eigenvalue weighted by atomic mass is 19.1. The molecule has 1 saturated carbocycles. The van der Waals surface area contributed by atoms with Gasteiger partial charge < -0.3 is 20.7 Å². The summed E-state index contributed by atoms with van der Waals surface area (Å²) in [7, 11) is 0. The lowest BCUT2D eigenvalue weighted by atomic mass is 9.83. The second-order valence-electron chi connectivity index (χ2n) is 13.3. The van der Waals surface area contributed by atoms with Gasteiger partial charge in [0.15, 0.2) is 0 Å². The van der Waals surface area contributed by atoms with E-state index in [9.17, 15) is 15.6 Å². The van der Waals surface area contributed by atoms with Crippen LogP contribution in [-0.4, -0.2) is 34.3 Å². The van der Waals surface area contributed by atoms with Gasteiger partial charge in [-0.3, -0.25) is 5.41 Å². The van der Waals surface area contributed by atoms with E-state index < -0.39 is 11.4 Å². The Hall–Kier alpha value is -3.03. The molecule has 0 heterocycles. The number of aliphatic hydroxyl groups excluding tert-OH is 1. The second kappa shape index (κ2) is 17.8. The molecular weight excluding hydrogens is 577 g/mol. The number of aliphatic hydroxyl groups is 2. The molecule has 46 heavy (non-hydrogen) atoms. The lowest BCUT2D eigenvalue weighted by Crippen LogP contribution is -2.29. The van der Waals surface area contributed by atoms with Gasteiger partial charge in [0.2, 0.25) is 5.88 Å². The summed E-state index contributed by atoms with van der Waals surface area (Å²) >= 11 is 0. The van der Waals surface area contributed by atoms with Crippen molar-refractivity contribution < 1.29 is 19.3 Å². The minimum Gasteiger partial charge on any atom is -0.477 e. The second-order valence-corrected chi connectivity index (χ2v) is 13.3. The summed E-state index contributed by atoms with van der Waals surface area (Å²) in [6, 6.07) is 0. The fraction of sp³-hybridized carbons (Fsp3) is 0.590. The number of rotatable bonds is 15. The molecule has 2 rings (SSSR count). The molecule has 1 aliphatic rings. The van der Waals surface area contributed by atoms with E-state index in [4.69, 9.17) is 10.5 Å². The first-order valence-electron chi connectivity index (χ1n) is 16.8. The Morgan fingerprint density at radius 2 is 1.67 bits per heavy atom. The SMILES string of the molecule is C=C(/N=C\c1c(C)c(F)c(C(=N)C(=C(C)\C(C)=C/C)/C(C)=C(\C)N)c(CC)c1CO)OCC1(CC)CC1.CCC(CC)C(C)(C)O. The van der Waals surface area contributed by atoms with Gasteiger partial charge in [0.1, 0.15) is 5.82 Å². The van der Waals surface area contributed by atoms with Gasteiger partial charge in [0.25, 0.3) is 0 Å². The Morgan fingerprint density at radius 1 is 1.11 bits per heavy atom. The highest BCUT2D eigenvalue weighted by Crippen LogP contribution is 2.49. The summed E-state index contributed by atoms with van der Waals surface area (Å²) in [6.07, 6.45) is 9.40. The molecule has 7 heteroatoms. The first-order chi connectivity index (χ1) is 21.4. The van der Waals surface area contributed by atoms with E-state index in [0.29, 0.717) is 52.5 Å². The average Bonchev–Trinajstić information content (AvgIpc) is 3.80. The first-order valence-corrected chi connectivity index (χ1v) is 16.8. The quantitative estimate of drug-likeness (QED) is 0.0870. The van der Waals surface area contributed by atoms with Gasteiger partial charge in [-0.15, -0.1) is 0 Å². The summed E-state index contributed by atoms with van der Waals surface area (Å²) in [4.78, 5) is 4.36. The zero-order valence-corrected chi connectivity index (χ0v) is 30.8. The number of ether oxygens (including phenoxy) is 1. The van der Waals surface area contributed by atoms with Crippen LogP contribution in [0, 0.1) is 29.5 Å². The lowest BCUT2D eigenvalue weighted by Gasteiger charge is -2.26. The Bertz CT molecular complexity index is 1360. The molecule has 5 N–H and O–H groups in total. The van der Waals surface area contributed by atoms with Crippen LogP contribution in [-0.2, 0) is 17.8 Å². The molecule has 6 nitrogen and oxygen atoms in total. The molecule has 0 radical (unpaired) electrons. The van der Waals surface area contributed by atoms with E-state index in [0.717, 1.165) is 48.8 Å². The van der Waals surface area contributed by atoms with E-state index in [1.807, 2.05) is 54.5 Å². The minimum atomic E-state index is -0.499.